The zero-order valence-corrected chi connectivity index (χ0v) is 13.1. The van der Waals surface area contributed by atoms with Crippen LogP contribution >= 0.6 is 0 Å². The summed E-state index contributed by atoms with van der Waals surface area (Å²) < 4.78 is 5.98. The van der Waals surface area contributed by atoms with Crippen LogP contribution in [0.5, 0.6) is 0 Å². The lowest BCUT2D eigenvalue weighted by molar-refractivity contribution is -0.131. The first-order valence-electron chi connectivity index (χ1n) is 8.52. The number of ether oxygens (including phenoxy) is 1. The molecule has 4 unspecified atom stereocenters. The third-order valence-electron chi connectivity index (χ3n) is 5.92. The van der Waals surface area contributed by atoms with E-state index in [4.69, 9.17) is 10.5 Å². The van der Waals surface area contributed by atoms with Crippen LogP contribution in [0.2, 0.25) is 0 Å². The maximum absolute atomic E-state index is 11.9. The van der Waals surface area contributed by atoms with E-state index in [1.807, 2.05) is 7.05 Å². The lowest BCUT2D eigenvalue weighted by atomic mass is 9.76. The summed E-state index contributed by atoms with van der Waals surface area (Å²) in [6.45, 7) is 1.84. The average molecular weight is 295 g/mol. The van der Waals surface area contributed by atoms with E-state index in [1.54, 1.807) is 0 Å². The third kappa shape index (κ3) is 2.83. The molecule has 5 heteroatoms. The van der Waals surface area contributed by atoms with E-state index in [0.29, 0.717) is 18.2 Å². The molecule has 1 amide bonds. The second-order valence-corrected chi connectivity index (χ2v) is 6.95. The first-order valence-corrected chi connectivity index (χ1v) is 8.52. The number of carbonyl (C=O) groups excluding carboxylic acids is 1. The predicted molar refractivity (Wildman–Crippen MR) is 81.9 cm³/mol. The fourth-order valence-electron chi connectivity index (χ4n) is 4.68. The summed E-state index contributed by atoms with van der Waals surface area (Å²) in [6, 6.07) is 1.02. The number of nitrogens with one attached hydrogen (secondary N) is 1. The highest BCUT2D eigenvalue weighted by molar-refractivity contribution is 5.84. The summed E-state index contributed by atoms with van der Waals surface area (Å²) in [5, 5.41) is 3.23. The van der Waals surface area contributed by atoms with Gasteiger partial charge in [-0.2, -0.15) is 0 Å². The Labute approximate surface area is 127 Å². The molecule has 21 heavy (non-hydrogen) atoms. The molecule has 4 atom stereocenters. The molecular weight excluding hydrogens is 266 g/mol. The summed E-state index contributed by atoms with van der Waals surface area (Å²) in [5.41, 5.74) is 5.18. The number of carbonyl (C=O) groups is 1. The molecule has 0 aromatic heterocycles. The van der Waals surface area contributed by atoms with Gasteiger partial charge in [-0.05, 0) is 45.6 Å². The van der Waals surface area contributed by atoms with Gasteiger partial charge in [0, 0.05) is 18.6 Å². The van der Waals surface area contributed by atoms with Gasteiger partial charge in [0.05, 0.1) is 18.2 Å². The van der Waals surface area contributed by atoms with Crippen molar-refractivity contribution in [3.8, 4) is 0 Å². The smallest absolute Gasteiger partial charge is 0.237 e. The zero-order chi connectivity index (χ0) is 14.9. The first-order chi connectivity index (χ1) is 10.2. The molecule has 1 saturated heterocycles. The van der Waals surface area contributed by atoms with E-state index in [9.17, 15) is 4.79 Å². The second-order valence-electron chi connectivity index (χ2n) is 6.95. The zero-order valence-electron chi connectivity index (χ0n) is 13.1. The third-order valence-corrected chi connectivity index (χ3v) is 5.92. The molecule has 3 aliphatic rings. The van der Waals surface area contributed by atoms with Crippen LogP contribution in [0.25, 0.3) is 0 Å². The molecule has 0 aromatic rings. The van der Waals surface area contributed by atoms with Crippen molar-refractivity contribution in [1.29, 1.82) is 0 Å². The number of nitrogens with two attached hydrogens (primary N) is 1. The number of amides is 1. The highest BCUT2D eigenvalue weighted by Gasteiger charge is 2.45. The number of hydrogen-bond donors (Lipinski definition) is 2. The summed E-state index contributed by atoms with van der Waals surface area (Å²) >= 11 is 0. The van der Waals surface area contributed by atoms with Crippen LogP contribution in [0.15, 0.2) is 0 Å². The van der Waals surface area contributed by atoms with Gasteiger partial charge < -0.3 is 15.8 Å². The lowest BCUT2D eigenvalue weighted by Crippen LogP contribution is -2.63. The summed E-state index contributed by atoms with van der Waals surface area (Å²) in [4.78, 5) is 14.6. The molecule has 0 aromatic carbocycles. The van der Waals surface area contributed by atoms with Crippen LogP contribution in [0, 0.1) is 0 Å². The van der Waals surface area contributed by atoms with Gasteiger partial charge in [0.1, 0.15) is 0 Å². The quantitative estimate of drug-likeness (QED) is 0.815. The average Bonchev–Trinajstić information content (AvgIpc) is 2.54. The maximum atomic E-state index is 11.9. The predicted octanol–water partition coefficient (Wildman–Crippen LogP) is 1.02. The van der Waals surface area contributed by atoms with Gasteiger partial charge >= 0.3 is 0 Å². The van der Waals surface area contributed by atoms with Crippen molar-refractivity contribution >= 4 is 5.91 Å². The first kappa shape index (κ1) is 15.3. The minimum Gasteiger partial charge on any atom is -0.375 e. The van der Waals surface area contributed by atoms with Gasteiger partial charge in [-0.1, -0.05) is 12.8 Å². The van der Waals surface area contributed by atoms with Gasteiger partial charge in [-0.3, -0.25) is 9.69 Å². The number of morpholine rings is 1. The molecule has 1 aliphatic heterocycles. The molecule has 120 valence electrons. The van der Waals surface area contributed by atoms with E-state index in [1.165, 1.54) is 32.1 Å². The van der Waals surface area contributed by atoms with Gasteiger partial charge in [-0.15, -0.1) is 0 Å². The molecule has 0 radical (unpaired) electrons. The molecule has 2 saturated carbocycles. The Balaban J connectivity index is 1.74. The normalized spacial score (nSPS) is 41.5. The van der Waals surface area contributed by atoms with E-state index < -0.39 is 5.54 Å². The second kappa shape index (κ2) is 6.23. The monoisotopic (exact) mass is 295 g/mol. The lowest BCUT2D eigenvalue weighted by Gasteiger charge is -2.50. The molecule has 5 nitrogen and oxygen atoms in total. The number of nitrogens with zero attached hydrogens (tertiary/aromatic N) is 1. The Morgan fingerprint density at radius 1 is 1.29 bits per heavy atom. The SMILES string of the molecule is CNC1(C(N)=O)CCCC(N2CCOC3CCCCC32)C1. The maximum Gasteiger partial charge on any atom is 0.237 e. The van der Waals surface area contributed by atoms with E-state index in [0.717, 1.165) is 32.4 Å². The largest absolute Gasteiger partial charge is 0.375 e. The van der Waals surface area contributed by atoms with Crippen molar-refractivity contribution < 1.29 is 9.53 Å². The van der Waals surface area contributed by atoms with E-state index >= 15 is 0 Å². The van der Waals surface area contributed by atoms with Crippen LogP contribution in [-0.4, -0.2) is 54.7 Å². The molecule has 2 aliphatic carbocycles. The molecule has 3 fully saturated rings. The van der Waals surface area contributed by atoms with Crippen molar-refractivity contribution in [1.82, 2.24) is 10.2 Å². The highest BCUT2D eigenvalue weighted by atomic mass is 16.5. The molecule has 3 N–H and O–H groups in total. The van der Waals surface area contributed by atoms with Crippen LogP contribution in [0.4, 0.5) is 0 Å². The van der Waals surface area contributed by atoms with E-state index in [-0.39, 0.29) is 5.91 Å². The van der Waals surface area contributed by atoms with Crippen LogP contribution in [0.3, 0.4) is 0 Å². The standard InChI is InChI=1S/C16H29N3O2/c1-18-16(15(17)20)8-4-5-12(11-16)19-9-10-21-14-7-3-2-6-13(14)19/h12-14,18H,2-11H2,1H3,(H2,17,20). The number of primary amides is 1. The van der Waals surface area contributed by atoms with Crippen molar-refractivity contribution in [2.24, 2.45) is 5.73 Å². The number of hydrogen-bond acceptors (Lipinski definition) is 4. The Morgan fingerprint density at radius 2 is 2.10 bits per heavy atom. The minimum absolute atomic E-state index is 0.192. The van der Waals surface area contributed by atoms with Crippen LogP contribution in [0.1, 0.15) is 51.4 Å². The van der Waals surface area contributed by atoms with Crippen molar-refractivity contribution in [2.45, 2.75) is 75.1 Å². The Hall–Kier alpha value is -0.650. The Kier molecular flexibility index (Phi) is 4.52. The molecule has 0 spiro atoms. The Bertz CT molecular complexity index is 388. The fraction of sp³-hybridized carbons (Fsp3) is 0.938. The molecular formula is C16H29N3O2. The molecule has 0 bridgehead atoms. The topological polar surface area (TPSA) is 67.6 Å². The van der Waals surface area contributed by atoms with Crippen LogP contribution in [-0.2, 0) is 9.53 Å². The fourth-order valence-corrected chi connectivity index (χ4v) is 4.68. The van der Waals surface area contributed by atoms with Gasteiger partial charge in [-0.25, -0.2) is 0 Å². The van der Waals surface area contributed by atoms with Gasteiger partial charge in [0.25, 0.3) is 0 Å². The number of rotatable bonds is 3. The summed E-state index contributed by atoms with van der Waals surface area (Å²) in [6.07, 6.45) is 9.42. The Morgan fingerprint density at radius 3 is 2.86 bits per heavy atom. The summed E-state index contributed by atoms with van der Waals surface area (Å²) in [7, 11) is 1.87. The van der Waals surface area contributed by atoms with Crippen molar-refractivity contribution in [2.75, 3.05) is 20.2 Å². The van der Waals surface area contributed by atoms with Gasteiger partial charge in [0.15, 0.2) is 0 Å². The van der Waals surface area contributed by atoms with E-state index in [2.05, 4.69) is 10.2 Å². The number of likely N-dealkylation sites (N-methyl/N-ethyl adjacent to an activating group) is 1. The van der Waals surface area contributed by atoms with Crippen LogP contribution < -0.4 is 11.1 Å². The summed E-state index contributed by atoms with van der Waals surface area (Å²) in [5.74, 6) is -0.192. The van der Waals surface area contributed by atoms with Crippen molar-refractivity contribution in [3.63, 3.8) is 0 Å². The number of fused-ring (bicyclic) bond motifs is 1. The molecule has 3 rings (SSSR count). The van der Waals surface area contributed by atoms with Crippen molar-refractivity contribution in [3.05, 3.63) is 0 Å². The highest BCUT2D eigenvalue weighted by Crippen LogP contribution is 2.36. The van der Waals surface area contributed by atoms with Gasteiger partial charge in [0.2, 0.25) is 5.91 Å². The molecule has 1 heterocycles. The minimum atomic E-state index is -0.509.